The number of benzene rings is 1. The Morgan fingerprint density at radius 3 is 2.82 bits per heavy atom. The molecule has 0 bridgehead atoms. The van der Waals surface area contributed by atoms with Crippen LogP contribution in [0.3, 0.4) is 0 Å². The molecule has 0 amide bonds. The highest BCUT2D eigenvalue weighted by Gasteiger charge is 2.03. The maximum absolute atomic E-state index is 5.64. The zero-order valence-corrected chi connectivity index (χ0v) is 11.4. The van der Waals surface area contributed by atoms with Crippen LogP contribution in [0, 0.1) is 0 Å². The van der Waals surface area contributed by atoms with Crippen LogP contribution in [0.2, 0.25) is 0 Å². The summed E-state index contributed by atoms with van der Waals surface area (Å²) in [5.74, 6) is 0.785. The Kier molecular flexibility index (Phi) is 5.08. The van der Waals surface area contributed by atoms with E-state index >= 15 is 0 Å². The molecule has 1 N–H and O–H groups in total. The van der Waals surface area contributed by atoms with E-state index in [0.717, 1.165) is 24.4 Å². The van der Waals surface area contributed by atoms with Crippen molar-refractivity contribution in [3.05, 3.63) is 24.3 Å². The first-order chi connectivity index (χ1) is 8.42. The molecule has 1 aromatic carbocycles. The van der Waals surface area contributed by atoms with Gasteiger partial charge in [0.05, 0.1) is 5.52 Å². The molecule has 0 atom stereocenters. The lowest BCUT2D eigenvalue weighted by molar-refractivity contribution is 0.688. The summed E-state index contributed by atoms with van der Waals surface area (Å²) < 4.78 is 4.41. The van der Waals surface area contributed by atoms with Gasteiger partial charge in [0.2, 0.25) is 0 Å². The molecule has 17 heavy (non-hydrogen) atoms. The molecule has 0 aliphatic carbocycles. The number of anilines is 1. The van der Waals surface area contributed by atoms with Gasteiger partial charge in [-0.25, -0.2) is 0 Å². The van der Waals surface area contributed by atoms with Gasteiger partial charge >= 0.3 is 0 Å². The van der Waals surface area contributed by atoms with Crippen LogP contribution in [0.4, 0.5) is 5.00 Å². The van der Waals surface area contributed by atoms with Crippen LogP contribution in [0.5, 0.6) is 0 Å². The van der Waals surface area contributed by atoms with Crippen LogP contribution in [0.15, 0.2) is 24.3 Å². The lowest BCUT2D eigenvalue weighted by Gasteiger charge is -2.03. The first-order valence-corrected chi connectivity index (χ1v) is 7.37. The molecule has 0 aliphatic rings. The topological polar surface area (TPSA) is 24.9 Å². The third-order valence-electron chi connectivity index (χ3n) is 2.73. The van der Waals surface area contributed by atoms with Crippen LogP contribution in [0.25, 0.3) is 10.9 Å². The molecule has 4 heteroatoms. The summed E-state index contributed by atoms with van der Waals surface area (Å²) in [7, 11) is 0. The van der Waals surface area contributed by atoms with E-state index in [0.29, 0.717) is 0 Å². The van der Waals surface area contributed by atoms with E-state index in [1.54, 1.807) is 11.5 Å². The lowest BCUT2D eigenvalue weighted by Crippen LogP contribution is -1.99. The second kappa shape index (κ2) is 6.82. The van der Waals surface area contributed by atoms with Gasteiger partial charge in [0.15, 0.2) is 0 Å². The molecule has 0 saturated carbocycles. The Morgan fingerprint density at radius 2 is 1.94 bits per heavy atom. The second-order valence-electron chi connectivity index (χ2n) is 4.06. The van der Waals surface area contributed by atoms with Crippen LogP contribution < -0.4 is 5.32 Å². The average Bonchev–Trinajstić information content (AvgIpc) is 2.77. The first kappa shape index (κ1) is 12.7. The summed E-state index contributed by atoms with van der Waals surface area (Å²) in [5, 5.41) is 5.89. The zero-order valence-electron chi connectivity index (χ0n) is 9.79. The summed E-state index contributed by atoms with van der Waals surface area (Å²) in [4.78, 5) is 0. The van der Waals surface area contributed by atoms with Gasteiger partial charge in [-0.15, -0.1) is 11.6 Å². The molecule has 0 unspecified atom stereocenters. The monoisotopic (exact) mass is 268 g/mol. The summed E-state index contributed by atoms with van der Waals surface area (Å²) >= 11 is 7.19. The average molecular weight is 269 g/mol. The first-order valence-electron chi connectivity index (χ1n) is 6.06. The summed E-state index contributed by atoms with van der Waals surface area (Å²) in [6, 6.07) is 8.26. The number of halogens is 1. The minimum Gasteiger partial charge on any atom is -0.375 e. The number of rotatable bonds is 7. The highest BCUT2D eigenvalue weighted by Crippen LogP contribution is 2.27. The Morgan fingerprint density at radius 1 is 1.12 bits per heavy atom. The van der Waals surface area contributed by atoms with Gasteiger partial charge in [0.1, 0.15) is 5.00 Å². The Bertz CT molecular complexity index is 455. The fourth-order valence-corrected chi connectivity index (χ4v) is 2.77. The molecule has 0 fully saturated rings. The van der Waals surface area contributed by atoms with Crippen molar-refractivity contribution in [2.24, 2.45) is 0 Å². The normalized spacial score (nSPS) is 10.9. The van der Waals surface area contributed by atoms with E-state index in [1.807, 2.05) is 6.07 Å². The summed E-state index contributed by atoms with van der Waals surface area (Å²) in [6.45, 7) is 1.02. The molecule has 2 aromatic rings. The van der Waals surface area contributed by atoms with Gasteiger partial charge in [-0.05, 0) is 36.5 Å². The van der Waals surface area contributed by atoms with Gasteiger partial charge in [0, 0.05) is 17.8 Å². The van der Waals surface area contributed by atoms with Gasteiger partial charge in [0.25, 0.3) is 0 Å². The summed E-state index contributed by atoms with van der Waals surface area (Å²) in [5.41, 5.74) is 1.09. The number of hydrogen-bond acceptors (Lipinski definition) is 3. The third-order valence-corrected chi connectivity index (χ3v) is 3.83. The highest BCUT2D eigenvalue weighted by atomic mass is 35.5. The van der Waals surface area contributed by atoms with Crippen molar-refractivity contribution in [1.82, 2.24) is 4.37 Å². The fraction of sp³-hybridized carbons (Fsp3) is 0.462. The van der Waals surface area contributed by atoms with Crippen molar-refractivity contribution >= 4 is 39.0 Å². The minimum atomic E-state index is 0.785. The molecule has 1 heterocycles. The highest BCUT2D eigenvalue weighted by molar-refractivity contribution is 7.11. The lowest BCUT2D eigenvalue weighted by atomic mass is 10.2. The molecule has 0 radical (unpaired) electrons. The minimum absolute atomic E-state index is 0.785. The number of hydrogen-bond donors (Lipinski definition) is 1. The quantitative estimate of drug-likeness (QED) is 0.590. The largest absolute Gasteiger partial charge is 0.375 e. The molecular weight excluding hydrogens is 252 g/mol. The van der Waals surface area contributed by atoms with E-state index in [-0.39, 0.29) is 0 Å². The molecule has 92 valence electrons. The van der Waals surface area contributed by atoms with E-state index in [4.69, 9.17) is 11.6 Å². The molecule has 0 saturated heterocycles. The number of nitrogens with one attached hydrogen (secondary N) is 1. The van der Waals surface area contributed by atoms with Crippen LogP contribution >= 0.6 is 23.1 Å². The Labute approximate surface area is 111 Å². The number of aromatic nitrogens is 1. The molecule has 0 aliphatic heterocycles. The smallest absolute Gasteiger partial charge is 0.117 e. The molecular formula is C13H17ClN2S. The van der Waals surface area contributed by atoms with Gasteiger partial charge in [-0.1, -0.05) is 25.0 Å². The predicted molar refractivity (Wildman–Crippen MR) is 77.3 cm³/mol. The van der Waals surface area contributed by atoms with Crippen LogP contribution in [-0.4, -0.2) is 16.8 Å². The molecule has 0 spiro atoms. The number of fused-ring (bicyclic) bond motifs is 1. The standard InChI is InChI=1S/C13H17ClN2S/c14-9-5-1-2-6-10-15-13-11-7-3-4-8-12(11)16-17-13/h3-4,7-8,15H,1-2,5-6,9-10H2. The number of alkyl halides is 1. The van der Waals surface area contributed by atoms with Crippen molar-refractivity contribution in [1.29, 1.82) is 0 Å². The Balaban J connectivity index is 1.79. The maximum atomic E-state index is 5.64. The summed E-state index contributed by atoms with van der Waals surface area (Å²) in [6.07, 6.45) is 4.80. The molecule has 2 rings (SSSR count). The maximum Gasteiger partial charge on any atom is 0.117 e. The van der Waals surface area contributed by atoms with E-state index in [9.17, 15) is 0 Å². The van der Waals surface area contributed by atoms with Crippen molar-refractivity contribution in [2.75, 3.05) is 17.7 Å². The predicted octanol–water partition coefficient (Wildman–Crippen LogP) is 4.51. The van der Waals surface area contributed by atoms with Gasteiger partial charge in [-0.2, -0.15) is 4.37 Å². The molecule has 2 nitrogen and oxygen atoms in total. The van der Waals surface area contributed by atoms with Crippen LogP contribution in [-0.2, 0) is 0 Å². The van der Waals surface area contributed by atoms with Crippen molar-refractivity contribution < 1.29 is 0 Å². The second-order valence-corrected chi connectivity index (χ2v) is 5.21. The molecule has 1 aromatic heterocycles. The zero-order chi connectivity index (χ0) is 11.9. The third kappa shape index (κ3) is 3.58. The van der Waals surface area contributed by atoms with E-state index in [2.05, 4.69) is 27.9 Å². The van der Waals surface area contributed by atoms with Crippen molar-refractivity contribution in [3.63, 3.8) is 0 Å². The van der Waals surface area contributed by atoms with Crippen LogP contribution in [0.1, 0.15) is 25.7 Å². The number of unbranched alkanes of at least 4 members (excludes halogenated alkanes) is 3. The fourth-order valence-electron chi connectivity index (χ4n) is 1.79. The van der Waals surface area contributed by atoms with Gasteiger partial charge < -0.3 is 5.32 Å². The Hall–Kier alpha value is -0.800. The van der Waals surface area contributed by atoms with Crippen molar-refractivity contribution in [3.8, 4) is 0 Å². The van der Waals surface area contributed by atoms with Gasteiger partial charge in [-0.3, -0.25) is 0 Å². The number of nitrogens with zero attached hydrogens (tertiary/aromatic N) is 1. The SMILES string of the molecule is ClCCCCCCNc1snc2ccccc12. The van der Waals surface area contributed by atoms with Crippen molar-refractivity contribution in [2.45, 2.75) is 25.7 Å². The van der Waals surface area contributed by atoms with E-state index < -0.39 is 0 Å². The van der Waals surface area contributed by atoms with E-state index in [1.165, 1.54) is 29.6 Å².